The van der Waals surface area contributed by atoms with E-state index >= 15 is 0 Å². The Kier molecular flexibility index (Phi) is 5.79. The van der Waals surface area contributed by atoms with Crippen LogP contribution in [0.3, 0.4) is 0 Å². The van der Waals surface area contributed by atoms with Crippen molar-refractivity contribution in [1.29, 1.82) is 0 Å². The van der Waals surface area contributed by atoms with Crippen LogP contribution in [0, 0.1) is 6.92 Å². The number of hydrogen-bond donors (Lipinski definition) is 1. The van der Waals surface area contributed by atoms with Crippen LogP contribution < -0.4 is 5.32 Å². The lowest BCUT2D eigenvalue weighted by molar-refractivity contribution is -0.131. The molecular formula is C16H21BrN2O2. The smallest absolute Gasteiger partial charge is 0.252 e. The average molecular weight is 353 g/mol. The predicted octanol–water partition coefficient (Wildman–Crippen LogP) is 2.89. The number of hydrogen-bond acceptors (Lipinski definition) is 2. The molecule has 0 bridgehead atoms. The fourth-order valence-corrected chi connectivity index (χ4v) is 2.95. The molecule has 0 spiro atoms. The number of aryl methyl sites for hydroxylation is 1. The number of likely N-dealkylation sites (tertiary alicyclic amines) is 1. The molecule has 1 heterocycles. The van der Waals surface area contributed by atoms with Gasteiger partial charge in [0.1, 0.15) is 0 Å². The highest BCUT2D eigenvalue weighted by Crippen LogP contribution is 2.20. The Morgan fingerprint density at radius 1 is 1.24 bits per heavy atom. The van der Waals surface area contributed by atoms with Gasteiger partial charge in [0.2, 0.25) is 5.91 Å². The number of nitrogens with zero attached hydrogens (tertiary/aromatic N) is 1. The summed E-state index contributed by atoms with van der Waals surface area (Å²) in [6.07, 6.45) is 3.76. The minimum absolute atomic E-state index is 0.137. The zero-order valence-electron chi connectivity index (χ0n) is 12.3. The summed E-state index contributed by atoms with van der Waals surface area (Å²) in [4.78, 5) is 26.0. The summed E-state index contributed by atoms with van der Waals surface area (Å²) in [6.45, 7) is 4.04. The molecule has 1 fully saturated rings. The molecule has 0 unspecified atom stereocenters. The van der Waals surface area contributed by atoms with Crippen LogP contribution in [0.1, 0.15) is 41.6 Å². The third-order valence-corrected chi connectivity index (χ3v) is 4.82. The van der Waals surface area contributed by atoms with Crippen molar-refractivity contribution in [3.05, 3.63) is 33.8 Å². The van der Waals surface area contributed by atoms with Gasteiger partial charge in [-0.2, -0.15) is 0 Å². The minimum Gasteiger partial charge on any atom is -0.351 e. The lowest BCUT2D eigenvalue weighted by Gasteiger charge is -2.26. The van der Waals surface area contributed by atoms with Gasteiger partial charge in [-0.3, -0.25) is 9.59 Å². The Bertz CT molecular complexity index is 525. The van der Waals surface area contributed by atoms with E-state index in [0.29, 0.717) is 18.5 Å². The van der Waals surface area contributed by atoms with Crippen LogP contribution in [-0.2, 0) is 4.79 Å². The molecule has 1 saturated heterocycles. The van der Waals surface area contributed by atoms with Crippen molar-refractivity contribution >= 4 is 27.7 Å². The molecule has 0 aromatic heterocycles. The van der Waals surface area contributed by atoms with Gasteiger partial charge < -0.3 is 10.2 Å². The predicted molar refractivity (Wildman–Crippen MR) is 86.3 cm³/mol. The van der Waals surface area contributed by atoms with Gasteiger partial charge in [-0.15, -0.1) is 0 Å². The number of amides is 2. The molecule has 0 radical (unpaired) electrons. The first-order chi connectivity index (χ1) is 10.1. The second kappa shape index (κ2) is 7.59. The number of halogens is 1. The van der Waals surface area contributed by atoms with E-state index in [1.54, 1.807) is 6.07 Å². The highest BCUT2D eigenvalue weighted by molar-refractivity contribution is 9.10. The van der Waals surface area contributed by atoms with Gasteiger partial charge in [0, 0.05) is 30.5 Å². The Balaban J connectivity index is 1.81. The molecule has 1 aliphatic rings. The molecule has 1 aliphatic heterocycles. The first-order valence-electron chi connectivity index (χ1n) is 7.40. The molecule has 2 amide bonds. The molecule has 0 atom stereocenters. The highest BCUT2D eigenvalue weighted by Gasteiger charge is 2.17. The normalized spacial score (nSPS) is 14.9. The molecule has 1 aromatic carbocycles. The summed E-state index contributed by atoms with van der Waals surface area (Å²) in [5, 5.41) is 2.82. The summed E-state index contributed by atoms with van der Waals surface area (Å²) in [5.41, 5.74) is 1.63. The van der Waals surface area contributed by atoms with Gasteiger partial charge in [-0.1, -0.05) is 12.1 Å². The van der Waals surface area contributed by atoms with Crippen molar-refractivity contribution in [1.82, 2.24) is 10.2 Å². The fraction of sp³-hybridized carbons (Fsp3) is 0.500. The van der Waals surface area contributed by atoms with Gasteiger partial charge in [0.25, 0.3) is 5.91 Å². The lowest BCUT2D eigenvalue weighted by Crippen LogP contribution is -2.37. The standard InChI is InChI=1S/C16H21BrN2O2/c1-12-6-5-7-13(15(12)17)16(21)18-9-8-14(20)19-10-3-2-4-11-19/h5-7H,2-4,8-11H2,1H3,(H,18,21). The molecule has 0 saturated carbocycles. The molecule has 114 valence electrons. The molecule has 4 nitrogen and oxygen atoms in total. The van der Waals surface area contributed by atoms with Crippen LogP contribution in [-0.4, -0.2) is 36.3 Å². The van der Waals surface area contributed by atoms with E-state index in [-0.39, 0.29) is 11.8 Å². The summed E-state index contributed by atoms with van der Waals surface area (Å²) >= 11 is 3.43. The number of piperidine rings is 1. The highest BCUT2D eigenvalue weighted by atomic mass is 79.9. The Morgan fingerprint density at radius 3 is 2.67 bits per heavy atom. The number of rotatable bonds is 4. The zero-order chi connectivity index (χ0) is 15.2. The van der Waals surface area contributed by atoms with Crippen molar-refractivity contribution in [2.45, 2.75) is 32.6 Å². The fourth-order valence-electron chi connectivity index (χ4n) is 2.50. The largest absolute Gasteiger partial charge is 0.351 e. The van der Waals surface area contributed by atoms with Gasteiger partial charge >= 0.3 is 0 Å². The molecule has 2 rings (SSSR count). The molecule has 0 aliphatic carbocycles. The molecule has 5 heteroatoms. The minimum atomic E-state index is -0.142. The summed E-state index contributed by atoms with van der Waals surface area (Å²) in [6, 6.07) is 5.58. The van der Waals surface area contributed by atoms with Crippen LogP contribution in [0.4, 0.5) is 0 Å². The molecular weight excluding hydrogens is 332 g/mol. The number of nitrogens with one attached hydrogen (secondary N) is 1. The van der Waals surface area contributed by atoms with Gasteiger partial charge in [0.05, 0.1) is 5.56 Å². The molecule has 1 aromatic rings. The third kappa shape index (κ3) is 4.30. The van der Waals surface area contributed by atoms with Crippen molar-refractivity contribution in [3.8, 4) is 0 Å². The Morgan fingerprint density at radius 2 is 1.95 bits per heavy atom. The van der Waals surface area contributed by atoms with Crippen molar-refractivity contribution in [2.75, 3.05) is 19.6 Å². The van der Waals surface area contributed by atoms with Crippen LogP contribution in [0.5, 0.6) is 0 Å². The van der Waals surface area contributed by atoms with Crippen LogP contribution in [0.2, 0.25) is 0 Å². The number of benzene rings is 1. The van der Waals surface area contributed by atoms with Gasteiger partial charge in [-0.05, 0) is 53.7 Å². The van der Waals surface area contributed by atoms with E-state index in [1.807, 2.05) is 24.0 Å². The lowest BCUT2D eigenvalue weighted by atomic mass is 10.1. The monoisotopic (exact) mass is 352 g/mol. The van der Waals surface area contributed by atoms with Crippen LogP contribution in [0.25, 0.3) is 0 Å². The van der Waals surface area contributed by atoms with Crippen molar-refractivity contribution in [3.63, 3.8) is 0 Å². The van der Waals surface area contributed by atoms with Crippen LogP contribution >= 0.6 is 15.9 Å². The topological polar surface area (TPSA) is 49.4 Å². The van der Waals surface area contributed by atoms with Crippen molar-refractivity contribution in [2.24, 2.45) is 0 Å². The Labute approximate surface area is 134 Å². The number of carbonyl (C=O) groups is 2. The summed E-state index contributed by atoms with van der Waals surface area (Å²) in [7, 11) is 0. The maximum Gasteiger partial charge on any atom is 0.252 e. The first kappa shape index (κ1) is 16.0. The maximum absolute atomic E-state index is 12.1. The number of carbonyl (C=O) groups excluding carboxylic acids is 2. The van der Waals surface area contributed by atoms with Gasteiger partial charge in [-0.25, -0.2) is 0 Å². The molecule has 1 N–H and O–H groups in total. The zero-order valence-corrected chi connectivity index (χ0v) is 13.9. The average Bonchev–Trinajstić information content (AvgIpc) is 2.50. The van der Waals surface area contributed by atoms with Gasteiger partial charge in [0.15, 0.2) is 0 Å². The van der Waals surface area contributed by atoms with E-state index in [1.165, 1.54) is 6.42 Å². The summed E-state index contributed by atoms with van der Waals surface area (Å²) < 4.78 is 0.810. The van der Waals surface area contributed by atoms with E-state index in [0.717, 1.165) is 36.0 Å². The maximum atomic E-state index is 12.1. The Hall–Kier alpha value is -1.36. The van der Waals surface area contributed by atoms with E-state index in [2.05, 4.69) is 21.2 Å². The third-order valence-electron chi connectivity index (χ3n) is 3.77. The first-order valence-corrected chi connectivity index (χ1v) is 8.20. The summed E-state index contributed by atoms with van der Waals surface area (Å²) in [5.74, 6) is -0.00433. The van der Waals surface area contributed by atoms with Crippen molar-refractivity contribution < 1.29 is 9.59 Å². The second-order valence-corrected chi connectivity index (χ2v) is 6.18. The van der Waals surface area contributed by atoms with E-state index in [9.17, 15) is 9.59 Å². The SMILES string of the molecule is Cc1cccc(C(=O)NCCC(=O)N2CCCCC2)c1Br. The molecule has 21 heavy (non-hydrogen) atoms. The second-order valence-electron chi connectivity index (χ2n) is 5.38. The van der Waals surface area contributed by atoms with E-state index in [4.69, 9.17) is 0 Å². The van der Waals surface area contributed by atoms with Crippen LogP contribution in [0.15, 0.2) is 22.7 Å². The quantitative estimate of drug-likeness (QED) is 0.905. The van der Waals surface area contributed by atoms with E-state index < -0.39 is 0 Å².